The zero-order valence-electron chi connectivity index (χ0n) is 16.1. The smallest absolute Gasteiger partial charge is 0.334 e. The van der Waals surface area contributed by atoms with Gasteiger partial charge in [0.25, 0.3) is 0 Å². The summed E-state index contributed by atoms with van der Waals surface area (Å²) in [7, 11) is 1.58. The molecule has 0 unspecified atom stereocenters. The van der Waals surface area contributed by atoms with Crippen molar-refractivity contribution >= 4 is 23.8 Å². The summed E-state index contributed by atoms with van der Waals surface area (Å²) in [5, 5.41) is 0. The van der Waals surface area contributed by atoms with Crippen molar-refractivity contribution < 1.29 is 23.9 Å². The minimum atomic E-state index is -0.955. The number of likely N-dealkylation sites (N-methyl/N-ethyl adjacent to an activating group) is 1. The Morgan fingerprint density at radius 2 is 1.67 bits per heavy atom. The van der Waals surface area contributed by atoms with Gasteiger partial charge in [0.15, 0.2) is 0 Å². The van der Waals surface area contributed by atoms with Crippen molar-refractivity contribution in [2.24, 2.45) is 5.92 Å². The Bertz CT molecular complexity index is 729. The lowest BCUT2D eigenvalue weighted by atomic mass is 10.2. The summed E-state index contributed by atoms with van der Waals surface area (Å²) in [5.41, 5.74) is 0.880. The van der Waals surface area contributed by atoms with Crippen molar-refractivity contribution in [2.45, 2.75) is 27.3 Å². The van der Waals surface area contributed by atoms with Crippen LogP contribution in [0, 0.1) is 5.92 Å². The van der Waals surface area contributed by atoms with Gasteiger partial charge in [-0.25, -0.2) is 9.69 Å². The summed E-state index contributed by atoms with van der Waals surface area (Å²) < 4.78 is 5.37. The van der Waals surface area contributed by atoms with Crippen LogP contribution < -0.4 is 4.74 Å². The highest BCUT2D eigenvalue weighted by Crippen LogP contribution is 2.16. The predicted molar refractivity (Wildman–Crippen MR) is 97.7 cm³/mol. The molecule has 0 aromatic heterocycles. The molecule has 1 aromatic rings. The first-order valence-electron chi connectivity index (χ1n) is 8.87. The van der Waals surface area contributed by atoms with E-state index in [4.69, 9.17) is 4.74 Å². The van der Waals surface area contributed by atoms with Gasteiger partial charge in [-0.05, 0) is 30.5 Å². The van der Waals surface area contributed by atoms with E-state index >= 15 is 0 Å². The molecule has 0 bridgehead atoms. The summed E-state index contributed by atoms with van der Waals surface area (Å²) in [6, 6.07) is 6.57. The maximum atomic E-state index is 12.4. The van der Waals surface area contributed by atoms with Crippen molar-refractivity contribution in [3.8, 4) is 5.75 Å². The van der Waals surface area contributed by atoms with Gasteiger partial charge in [0.1, 0.15) is 12.3 Å². The van der Waals surface area contributed by atoms with Gasteiger partial charge >= 0.3 is 17.8 Å². The number of rotatable bonds is 8. The molecule has 2 rings (SSSR count). The quantitative estimate of drug-likeness (QED) is 0.507. The van der Waals surface area contributed by atoms with Gasteiger partial charge in [0.2, 0.25) is 5.91 Å². The number of amides is 5. The summed E-state index contributed by atoms with van der Waals surface area (Å²) in [4.78, 5) is 51.8. The van der Waals surface area contributed by atoms with Crippen LogP contribution in [0.15, 0.2) is 24.3 Å². The lowest BCUT2D eigenvalue weighted by Crippen LogP contribution is -2.42. The van der Waals surface area contributed by atoms with Gasteiger partial charge in [-0.3, -0.25) is 19.3 Å². The second kappa shape index (κ2) is 8.66. The standard InChI is InChI=1S/C19H25N3O5/c1-5-27-15-8-6-14(7-9-15)11-20(4)16(23)12-22-18(25)17(24)21(19(22)26)10-13(2)3/h6-9,13H,5,10-12H2,1-4H3. The number of carbonyl (C=O) groups excluding carboxylic acids is 4. The molecular formula is C19H25N3O5. The number of imide groups is 2. The molecule has 0 radical (unpaired) electrons. The number of benzene rings is 1. The predicted octanol–water partition coefficient (Wildman–Crippen LogP) is 1.49. The number of hydrogen-bond acceptors (Lipinski definition) is 5. The normalized spacial score (nSPS) is 14.3. The fraction of sp³-hybridized carbons (Fsp3) is 0.474. The van der Waals surface area contributed by atoms with E-state index in [-0.39, 0.29) is 12.5 Å². The maximum Gasteiger partial charge on any atom is 0.334 e. The number of hydrogen-bond donors (Lipinski definition) is 0. The zero-order valence-corrected chi connectivity index (χ0v) is 16.1. The molecule has 0 N–H and O–H groups in total. The third kappa shape index (κ3) is 4.84. The average molecular weight is 375 g/mol. The molecule has 0 saturated carbocycles. The molecule has 146 valence electrons. The van der Waals surface area contributed by atoms with E-state index in [2.05, 4.69) is 0 Å². The van der Waals surface area contributed by atoms with E-state index in [1.165, 1.54) is 4.90 Å². The highest BCUT2D eigenvalue weighted by atomic mass is 16.5. The third-order valence-corrected chi connectivity index (χ3v) is 4.06. The largest absolute Gasteiger partial charge is 0.494 e. The van der Waals surface area contributed by atoms with Crippen LogP contribution in [-0.2, 0) is 20.9 Å². The van der Waals surface area contributed by atoms with Crippen LogP contribution in [0.3, 0.4) is 0 Å². The Labute approximate surface area is 158 Å². The molecule has 1 aliphatic heterocycles. The Kier molecular flexibility index (Phi) is 6.55. The van der Waals surface area contributed by atoms with Gasteiger partial charge in [-0.2, -0.15) is 0 Å². The van der Waals surface area contributed by atoms with E-state index in [1.807, 2.05) is 45.0 Å². The fourth-order valence-corrected chi connectivity index (χ4v) is 2.69. The van der Waals surface area contributed by atoms with Crippen LogP contribution in [0.4, 0.5) is 4.79 Å². The molecular weight excluding hydrogens is 350 g/mol. The van der Waals surface area contributed by atoms with Gasteiger partial charge in [0, 0.05) is 20.1 Å². The van der Waals surface area contributed by atoms with Crippen LogP contribution in [0.5, 0.6) is 5.75 Å². The summed E-state index contributed by atoms with van der Waals surface area (Å²) in [5.74, 6) is -1.49. The molecule has 5 amide bonds. The van der Waals surface area contributed by atoms with E-state index < -0.39 is 30.3 Å². The van der Waals surface area contributed by atoms with Crippen LogP contribution in [-0.4, -0.2) is 65.2 Å². The molecule has 0 spiro atoms. The summed E-state index contributed by atoms with van der Waals surface area (Å²) in [6.07, 6.45) is 0. The first-order valence-corrected chi connectivity index (χ1v) is 8.87. The van der Waals surface area contributed by atoms with E-state index in [0.29, 0.717) is 18.1 Å². The molecule has 8 heteroatoms. The molecule has 0 aliphatic carbocycles. The number of ether oxygens (including phenoxy) is 1. The van der Waals surface area contributed by atoms with Crippen molar-refractivity contribution in [3.63, 3.8) is 0 Å². The van der Waals surface area contributed by atoms with Crippen molar-refractivity contribution in [2.75, 3.05) is 26.7 Å². The minimum Gasteiger partial charge on any atom is -0.494 e. The first-order chi connectivity index (χ1) is 12.7. The molecule has 8 nitrogen and oxygen atoms in total. The number of carbonyl (C=O) groups is 4. The highest BCUT2D eigenvalue weighted by molar-refractivity contribution is 6.45. The van der Waals surface area contributed by atoms with Crippen molar-refractivity contribution in [3.05, 3.63) is 29.8 Å². The molecule has 1 fully saturated rings. The Morgan fingerprint density at radius 1 is 1.07 bits per heavy atom. The van der Waals surface area contributed by atoms with Crippen LogP contribution >= 0.6 is 0 Å². The first kappa shape index (κ1) is 20.4. The lowest BCUT2D eigenvalue weighted by molar-refractivity contribution is -0.144. The van der Waals surface area contributed by atoms with Crippen molar-refractivity contribution in [1.29, 1.82) is 0 Å². The number of urea groups is 1. The Balaban J connectivity index is 1.98. The summed E-state index contributed by atoms with van der Waals surface area (Å²) >= 11 is 0. The zero-order chi connectivity index (χ0) is 20.1. The van der Waals surface area contributed by atoms with Gasteiger partial charge in [0.05, 0.1) is 6.61 Å². The molecule has 1 aliphatic rings. The molecule has 27 heavy (non-hydrogen) atoms. The second-order valence-corrected chi connectivity index (χ2v) is 6.81. The minimum absolute atomic E-state index is 0.0312. The number of nitrogens with zero attached hydrogens (tertiary/aromatic N) is 3. The topological polar surface area (TPSA) is 87.2 Å². The van der Waals surface area contributed by atoms with E-state index in [0.717, 1.165) is 16.2 Å². The fourth-order valence-electron chi connectivity index (χ4n) is 2.69. The molecule has 1 aromatic carbocycles. The lowest BCUT2D eigenvalue weighted by Gasteiger charge is -2.21. The van der Waals surface area contributed by atoms with Crippen LogP contribution in [0.1, 0.15) is 26.3 Å². The molecule has 1 saturated heterocycles. The highest BCUT2D eigenvalue weighted by Gasteiger charge is 2.45. The molecule has 1 heterocycles. The van der Waals surface area contributed by atoms with E-state index in [1.54, 1.807) is 7.05 Å². The second-order valence-electron chi connectivity index (χ2n) is 6.81. The maximum absolute atomic E-state index is 12.4. The Hall–Kier alpha value is -2.90. The SMILES string of the molecule is CCOc1ccc(CN(C)C(=O)CN2C(=O)C(=O)N(CC(C)C)C2=O)cc1. The summed E-state index contributed by atoms with van der Waals surface area (Å²) in [6.45, 7) is 6.15. The average Bonchev–Trinajstić information content (AvgIpc) is 2.81. The van der Waals surface area contributed by atoms with Gasteiger partial charge in [-0.1, -0.05) is 26.0 Å². The van der Waals surface area contributed by atoms with Gasteiger partial charge in [-0.15, -0.1) is 0 Å². The third-order valence-electron chi connectivity index (χ3n) is 4.06. The van der Waals surface area contributed by atoms with Crippen LogP contribution in [0.25, 0.3) is 0 Å². The van der Waals surface area contributed by atoms with Crippen LogP contribution in [0.2, 0.25) is 0 Å². The Morgan fingerprint density at radius 3 is 2.22 bits per heavy atom. The van der Waals surface area contributed by atoms with Gasteiger partial charge < -0.3 is 9.64 Å². The van der Waals surface area contributed by atoms with Crippen molar-refractivity contribution in [1.82, 2.24) is 14.7 Å². The molecule has 0 atom stereocenters. The van der Waals surface area contributed by atoms with E-state index in [9.17, 15) is 19.2 Å². The monoisotopic (exact) mass is 375 g/mol.